The summed E-state index contributed by atoms with van der Waals surface area (Å²) in [5.41, 5.74) is 2.31. The van der Waals surface area contributed by atoms with E-state index in [1.807, 2.05) is 30.3 Å². The van der Waals surface area contributed by atoms with Gasteiger partial charge in [-0.05, 0) is 29.8 Å². The molecule has 3 rings (SSSR count). The molecule has 2 heterocycles. The molecule has 0 unspecified atom stereocenters. The molecule has 2 aromatic rings. The molecular weight excluding hydrogens is 318 g/mol. The van der Waals surface area contributed by atoms with Gasteiger partial charge >= 0.3 is 5.97 Å². The predicted molar refractivity (Wildman–Crippen MR) is 90.2 cm³/mol. The fraction of sp³-hybridized carbons (Fsp3) is 0.316. The number of nitrogens with zero attached hydrogens (tertiary/aromatic N) is 3. The van der Waals surface area contributed by atoms with E-state index in [1.165, 1.54) is 7.11 Å². The van der Waals surface area contributed by atoms with Gasteiger partial charge in [0.2, 0.25) is 0 Å². The van der Waals surface area contributed by atoms with Gasteiger partial charge in [0.25, 0.3) is 0 Å². The lowest BCUT2D eigenvalue weighted by Gasteiger charge is -2.35. The van der Waals surface area contributed by atoms with Gasteiger partial charge in [0.1, 0.15) is 12.8 Å². The fourth-order valence-electron chi connectivity index (χ4n) is 2.92. The van der Waals surface area contributed by atoms with Crippen molar-refractivity contribution in [2.45, 2.75) is 12.6 Å². The highest BCUT2D eigenvalue weighted by Crippen LogP contribution is 2.31. The highest BCUT2D eigenvalue weighted by Gasteiger charge is 2.31. The van der Waals surface area contributed by atoms with Crippen LogP contribution in [0.4, 0.5) is 0 Å². The number of carbonyl (C=O) groups excluding carboxylic acids is 1. The Balaban J connectivity index is 1.68. The highest BCUT2D eigenvalue weighted by atomic mass is 16.5. The number of benzene rings is 1. The smallest absolute Gasteiger partial charge is 0.337 e. The molecule has 0 radical (unpaired) electrons. The van der Waals surface area contributed by atoms with Crippen molar-refractivity contribution in [1.82, 2.24) is 9.88 Å². The van der Waals surface area contributed by atoms with Crippen LogP contribution in [-0.4, -0.2) is 36.2 Å². The third kappa shape index (κ3) is 4.02. The normalized spacial score (nSPS) is 20.6. The summed E-state index contributed by atoms with van der Waals surface area (Å²) in [7, 11) is 1.35. The molecular formula is C19H19N3O3. The predicted octanol–water partition coefficient (Wildman–Crippen LogP) is 2.54. The summed E-state index contributed by atoms with van der Waals surface area (Å²) in [6, 6.07) is 15.1. The molecule has 128 valence electrons. The van der Waals surface area contributed by atoms with Crippen molar-refractivity contribution in [3.63, 3.8) is 0 Å². The molecule has 25 heavy (non-hydrogen) atoms. The SMILES string of the molecule is COC(=O)c1ccc([C@H]2OCN(Cc3ccccn3)C[C@@H]2C#N)cc1. The van der Waals surface area contributed by atoms with E-state index in [1.54, 1.807) is 18.3 Å². The number of ether oxygens (including phenoxy) is 2. The molecule has 0 spiro atoms. The molecule has 0 amide bonds. The first kappa shape index (κ1) is 17.1. The van der Waals surface area contributed by atoms with Crippen LogP contribution in [0, 0.1) is 17.2 Å². The Labute approximate surface area is 146 Å². The van der Waals surface area contributed by atoms with Crippen molar-refractivity contribution in [1.29, 1.82) is 5.26 Å². The summed E-state index contributed by atoms with van der Waals surface area (Å²) < 4.78 is 10.6. The molecule has 6 heteroatoms. The van der Waals surface area contributed by atoms with Gasteiger partial charge in [-0.1, -0.05) is 18.2 Å². The van der Waals surface area contributed by atoms with E-state index in [4.69, 9.17) is 9.47 Å². The van der Waals surface area contributed by atoms with Crippen LogP contribution >= 0.6 is 0 Å². The third-order valence-electron chi connectivity index (χ3n) is 4.19. The number of aromatic nitrogens is 1. The number of esters is 1. The van der Waals surface area contributed by atoms with Gasteiger partial charge in [-0.2, -0.15) is 5.26 Å². The summed E-state index contributed by atoms with van der Waals surface area (Å²) in [5.74, 6) is -0.670. The van der Waals surface area contributed by atoms with E-state index in [2.05, 4.69) is 16.0 Å². The van der Waals surface area contributed by atoms with Crippen LogP contribution in [0.25, 0.3) is 0 Å². The molecule has 1 aliphatic heterocycles. The van der Waals surface area contributed by atoms with Crippen molar-refractivity contribution in [3.8, 4) is 6.07 Å². The molecule has 1 aliphatic rings. The number of rotatable bonds is 4. The molecule has 0 bridgehead atoms. The Morgan fingerprint density at radius 2 is 2.16 bits per heavy atom. The lowest BCUT2D eigenvalue weighted by molar-refractivity contribution is -0.0947. The van der Waals surface area contributed by atoms with Crippen LogP contribution in [0.5, 0.6) is 0 Å². The van der Waals surface area contributed by atoms with E-state index >= 15 is 0 Å². The topological polar surface area (TPSA) is 75.5 Å². The second kappa shape index (κ2) is 7.88. The monoisotopic (exact) mass is 337 g/mol. The minimum Gasteiger partial charge on any atom is -0.465 e. The lowest BCUT2D eigenvalue weighted by atomic mass is 9.94. The number of pyridine rings is 1. The van der Waals surface area contributed by atoms with Gasteiger partial charge in [-0.25, -0.2) is 4.79 Å². The van der Waals surface area contributed by atoms with Crippen LogP contribution in [0.2, 0.25) is 0 Å². The Bertz CT molecular complexity index is 756. The van der Waals surface area contributed by atoms with Gasteiger partial charge < -0.3 is 9.47 Å². The number of nitriles is 1. The van der Waals surface area contributed by atoms with Crippen molar-refractivity contribution >= 4 is 5.97 Å². The number of hydrogen-bond acceptors (Lipinski definition) is 6. The number of hydrogen-bond donors (Lipinski definition) is 0. The fourth-order valence-corrected chi connectivity index (χ4v) is 2.92. The highest BCUT2D eigenvalue weighted by molar-refractivity contribution is 5.89. The first-order valence-electron chi connectivity index (χ1n) is 8.03. The van der Waals surface area contributed by atoms with Gasteiger partial charge in [0.05, 0.1) is 30.4 Å². The van der Waals surface area contributed by atoms with E-state index in [0.717, 1.165) is 11.3 Å². The average Bonchev–Trinajstić information content (AvgIpc) is 2.68. The molecule has 1 aromatic carbocycles. The first-order valence-corrected chi connectivity index (χ1v) is 8.03. The van der Waals surface area contributed by atoms with Crippen LogP contribution < -0.4 is 0 Å². The third-order valence-corrected chi connectivity index (χ3v) is 4.19. The maximum absolute atomic E-state index is 11.5. The molecule has 2 atom stereocenters. The summed E-state index contributed by atoms with van der Waals surface area (Å²) in [6.07, 6.45) is 1.45. The molecule has 1 saturated heterocycles. The molecule has 1 fully saturated rings. The van der Waals surface area contributed by atoms with E-state index < -0.39 is 0 Å². The summed E-state index contributed by atoms with van der Waals surface area (Å²) in [4.78, 5) is 17.9. The molecule has 1 aromatic heterocycles. The maximum atomic E-state index is 11.5. The maximum Gasteiger partial charge on any atom is 0.337 e. The largest absolute Gasteiger partial charge is 0.465 e. The van der Waals surface area contributed by atoms with E-state index in [0.29, 0.717) is 25.4 Å². The zero-order valence-corrected chi connectivity index (χ0v) is 14.0. The van der Waals surface area contributed by atoms with Crippen molar-refractivity contribution in [2.75, 3.05) is 20.4 Å². The van der Waals surface area contributed by atoms with Crippen LogP contribution in [0.3, 0.4) is 0 Å². The summed E-state index contributed by atoms with van der Waals surface area (Å²) >= 11 is 0. The zero-order chi connectivity index (χ0) is 17.6. The minimum atomic E-state index is -0.380. The van der Waals surface area contributed by atoms with Crippen LogP contribution in [-0.2, 0) is 16.0 Å². The Kier molecular flexibility index (Phi) is 5.39. The minimum absolute atomic E-state index is 0.290. The van der Waals surface area contributed by atoms with Crippen molar-refractivity contribution < 1.29 is 14.3 Å². The van der Waals surface area contributed by atoms with Gasteiger partial charge in [-0.15, -0.1) is 0 Å². The van der Waals surface area contributed by atoms with E-state index in [9.17, 15) is 10.1 Å². The van der Waals surface area contributed by atoms with Crippen molar-refractivity contribution in [3.05, 3.63) is 65.5 Å². The molecule has 0 saturated carbocycles. The second-order valence-electron chi connectivity index (χ2n) is 5.90. The number of carbonyl (C=O) groups is 1. The quantitative estimate of drug-likeness (QED) is 0.798. The Morgan fingerprint density at radius 1 is 1.36 bits per heavy atom. The summed E-state index contributed by atoms with van der Waals surface area (Å²) in [6.45, 7) is 1.68. The van der Waals surface area contributed by atoms with Crippen LogP contribution in [0.1, 0.15) is 27.7 Å². The molecule has 6 nitrogen and oxygen atoms in total. The number of methoxy groups -OCH3 is 1. The van der Waals surface area contributed by atoms with Gasteiger partial charge in [0.15, 0.2) is 0 Å². The second-order valence-corrected chi connectivity index (χ2v) is 5.90. The first-order chi connectivity index (χ1) is 12.2. The summed E-state index contributed by atoms with van der Waals surface area (Å²) in [5, 5.41) is 9.54. The Morgan fingerprint density at radius 3 is 2.80 bits per heavy atom. The zero-order valence-electron chi connectivity index (χ0n) is 14.0. The van der Waals surface area contributed by atoms with Crippen molar-refractivity contribution in [2.24, 2.45) is 5.92 Å². The average molecular weight is 337 g/mol. The van der Waals surface area contributed by atoms with Gasteiger partial charge in [0, 0.05) is 19.3 Å². The Hall–Kier alpha value is -2.75. The van der Waals surface area contributed by atoms with Crippen LogP contribution in [0.15, 0.2) is 48.7 Å². The molecule has 0 N–H and O–H groups in total. The standard InChI is InChI=1S/C19H19N3O3/c1-24-19(23)15-7-5-14(6-8-15)18-16(10-20)11-22(13-25-18)12-17-4-2-3-9-21-17/h2-9,16,18H,11-13H2,1H3/t16-,18+/m0/s1. The van der Waals surface area contributed by atoms with Gasteiger partial charge in [-0.3, -0.25) is 9.88 Å². The van der Waals surface area contributed by atoms with E-state index in [-0.39, 0.29) is 18.0 Å². The lowest BCUT2D eigenvalue weighted by Crippen LogP contribution is -2.40. The molecule has 0 aliphatic carbocycles.